The summed E-state index contributed by atoms with van der Waals surface area (Å²) in [6, 6.07) is 13.3. The summed E-state index contributed by atoms with van der Waals surface area (Å²) in [6.07, 6.45) is 5.17. The quantitative estimate of drug-likeness (QED) is 0.686. The van der Waals surface area contributed by atoms with Crippen molar-refractivity contribution in [2.24, 2.45) is 5.41 Å². The predicted octanol–water partition coefficient (Wildman–Crippen LogP) is 5.04. The molecule has 1 aliphatic carbocycles. The Morgan fingerprint density at radius 1 is 1.03 bits per heavy atom. The van der Waals surface area contributed by atoms with Crippen LogP contribution in [0.2, 0.25) is 0 Å². The molecule has 1 saturated heterocycles. The Hall–Kier alpha value is -2.18. The second-order valence-electron chi connectivity index (χ2n) is 10.1. The van der Waals surface area contributed by atoms with Crippen molar-refractivity contribution in [2.75, 3.05) is 23.3 Å². The summed E-state index contributed by atoms with van der Waals surface area (Å²) in [5.74, 6) is -0.131. The van der Waals surface area contributed by atoms with Crippen molar-refractivity contribution in [3.8, 4) is 0 Å². The normalized spacial score (nSPS) is 18.6. The van der Waals surface area contributed by atoms with Crippen molar-refractivity contribution >= 4 is 28.3 Å². The molecule has 1 spiro atoms. The molecular weight excluding hydrogens is 406 g/mol. The van der Waals surface area contributed by atoms with Crippen LogP contribution in [0.4, 0.5) is 11.4 Å². The SMILES string of the molecule is Cc1ccc(C(=O)Nc2cccc(S(=O)NC(C)(C)C)c2)c(N2CCC3(CC2)CC3)c1. The zero-order chi connectivity index (χ0) is 22.2. The van der Waals surface area contributed by atoms with E-state index in [1.165, 1.54) is 25.7 Å². The lowest BCUT2D eigenvalue weighted by Gasteiger charge is -2.35. The largest absolute Gasteiger partial charge is 0.371 e. The van der Waals surface area contributed by atoms with Crippen molar-refractivity contribution in [3.05, 3.63) is 53.6 Å². The van der Waals surface area contributed by atoms with Crippen molar-refractivity contribution in [2.45, 2.75) is 63.8 Å². The number of nitrogens with one attached hydrogen (secondary N) is 2. The molecule has 4 rings (SSSR count). The number of nitrogens with zero attached hydrogens (tertiary/aromatic N) is 1. The summed E-state index contributed by atoms with van der Waals surface area (Å²) in [4.78, 5) is 16.2. The maximum absolute atomic E-state index is 13.2. The third-order valence-corrected chi connectivity index (χ3v) is 7.70. The van der Waals surface area contributed by atoms with Gasteiger partial charge in [0.25, 0.3) is 5.91 Å². The molecular formula is C25H33N3O2S. The van der Waals surface area contributed by atoms with E-state index in [1.807, 2.05) is 51.1 Å². The van der Waals surface area contributed by atoms with Gasteiger partial charge in [-0.15, -0.1) is 0 Å². The van der Waals surface area contributed by atoms with Crippen LogP contribution in [0.3, 0.4) is 0 Å². The number of amides is 1. The van der Waals surface area contributed by atoms with E-state index in [9.17, 15) is 9.00 Å². The first kappa shape index (κ1) is 22.0. The second-order valence-corrected chi connectivity index (χ2v) is 11.3. The fraction of sp³-hybridized carbons (Fsp3) is 0.480. The van der Waals surface area contributed by atoms with Crippen LogP contribution in [0, 0.1) is 12.3 Å². The number of carbonyl (C=O) groups is 1. The van der Waals surface area contributed by atoms with Crippen LogP contribution in [-0.4, -0.2) is 28.7 Å². The monoisotopic (exact) mass is 439 g/mol. The van der Waals surface area contributed by atoms with Crippen LogP contribution in [0.15, 0.2) is 47.4 Å². The maximum Gasteiger partial charge on any atom is 0.257 e. The van der Waals surface area contributed by atoms with E-state index < -0.39 is 11.0 Å². The Balaban J connectivity index is 1.51. The number of piperidine rings is 1. The molecule has 1 saturated carbocycles. The molecule has 2 aromatic rings. The first-order valence-electron chi connectivity index (χ1n) is 11.1. The van der Waals surface area contributed by atoms with Gasteiger partial charge in [0.1, 0.15) is 11.0 Å². The molecule has 0 radical (unpaired) electrons. The highest BCUT2D eigenvalue weighted by molar-refractivity contribution is 7.83. The van der Waals surface area contributed by atoms with Gasteiger partial charge >= 0.3 is 0 Å². The van der Waals surface area contributed by atoms with E-state index in [0.717, 1.165) is 24.3 Å². The summed E-state index contributed by atoms with van der Waals surface area (Å²) < 4.78 is 15.7. The Labute approximate surface area is 188 Å². The van der Waals surface area contributed by atoms with Gasteiger partial charge in [-0.2, -0.15) is 0 Å². The van der Waals surface area contributed by atoms with Crippen LogP contribution >= 0.6 is 0 Å². The molecule has 1 atom stereocenters. The first-order valence-corrected chi connectivity index (χ1v) is 12.3. The van der Waals surface area contributed by atoms with Gasteiger partial charge in [-0.1, -0.05) is 12.1 Å². The number of carbonyl (C=O) groups excluding carboxylic acids is 1. The van der Waals surface area contributed by atoms with Gasteiger partial charge in [0.2, 0.25) is 0 Å². The van der Waals surface area contributed by atoms with Gasteiger partial charge in [0.15, 0.2) is 0 Å². The minimum Gasteiger partial charge on any atom is -0.371 e. The molecule has 166 valence electrons. The number of rotatable bonds is 5. The van der Waals surface area contributed by atoms with Crippen molar-refractivity contribution in [3.63, 3.8) is 0 Å². The zero-order valence-corrected chi connectivity index (χ0v) is 19.8. The Kier molecular flexibility index (Phi) is 5.97. The third kappa shape index (κ3) is 5.36. The van der Waals surface area contributed by atoms with E-state index in [2.05, 4.69) is 27.9 Å². The maximum atomic E-state index is 13.2. The van der Waals surface area contributed by atoms with E-state index >= 15 is 0 Å². The smallest absolute Gasteiger partial charge is 0.257 e. The summed E-state index contributed by atoms with van der Waals surface area (Å²) >= 11 is 0. The lowest BCUT2D eigenvalue weighted by atomic mass is 9.92. The molecule has 1 amide bonds. The molecule has 31 heavy (non-hydrogen) atoms. The molecule has 5 nitrogen and oxygen atoms in total. The number of benzene rings is 2. The number of anilines is 2. The summed E-state index contributed by atoms with van der Waals surface area (Å²) in [5.41, 5.74) is 3.84. The standard InChI is InChI=1S/C25H33N3O2S/c1-18-8-9-21(22(16-18)28-14-12-25(10-11-25)13-15-28)23(29)26-19-6-5-7-20(17-19)31(30)27-24(2,3)4/h5-9,16-17,27H,10-15H2,1-4H3,(H,26,29). The van der Waals surface area contributed by atoms with Crippen molar-refractivity contribution < 1.29 is 9.00 Å². The minimum atomic E-state index is -1.34. The highest BCUT2D eigenvalue weighted by Crippen LogP contribution is 2.54. The molecule has 2 N–H and O–H groups in total. The lowest BCUT2D eigenvalue weighted by molar-refractivity contribution is 0.102. The van der Waals surface area contributed by atoms with Crippen LogP contribution in [0.5, 0.6) is 0 Å². The molecule has 2 aliphatic rings. The highest BCUT2D eigenvalue weighted by atomic mass is 32.2. The van der Waals surface area contributed by atoms with Gasteiger partial charge in [-0.05, 0) is 94.7 Å². The van der Waals surface area contributed by atoms with Crippen LogP contribution in [0.1, 0.15) is 62.4 Å². The molecule has 2 fully saturated rings. The Bertz CT molecular complexity index is 998. The molecule has 1 aliphatic heterocycles. The third-order valence-electron chi connectivity index (χ3n) is 6.22. The number of hydrogen-bond acceptors (Lipinski definition) is 3. The second kappa shape index (κ2) is 8.40. The lowest BCUT2D eigenvalue weighted by Crippen LogP contribution is -2.37. The topological polar surface area (TPSA) is 61.4 Å². The summed E-state index contributed by atoms with van der Waals surface area (Å²) in [7, 11) is -1.34. The molecule has 1 unspecified atom stereocenters. The van der Waals surface area contributed by atoms with E-state index in [1.54, 1.807) is 6.07 Å². The number of hydrogen-bond donors (Lipinski definition) is 2. The van der Waals surface area contributed by atoms with E-state index in [0.29, 0.717) is 21.6 Å². The molecule has 6 heteroatoms. The Morgan fingerprint density at radius 3 is 2.39 bits per heavy atom. The van der Waals surface area contributed by atoms with Gasteiger partial charge < -0.3 is 10.2 Å². The summed E-state index contributed by atoms with van der Waals surface area (Å²) in [5, 5.41) is 3.02. The van der Waals surface area contributed by atoms with Gasteiger partial charge in [-0.3, -0.25) is 4.79 Å². The van der Waals surface area contributed by atoms with Crippen LogP contribution in [-0.2, 0) is 11.0 Å². The van der Waals surface area contributed by atoms with Crippen LogP contribution < -0.4 is 14.9 Å². The Morgan fingerprint density at radius 2 is 1.74 bits per heavy atom. The average Bonchev–Trinajstić information content (AvgIpc) is 3.46. The van der Waals surface area contributed by atoms with Crippen molar-refractivity contribution in [1.29, 1.82) is 0 Å². The highest BCUT2D eigenvalue weighted by Gasteiger charge is 2.44. The van der Waals surface area contributed by atoms with Crippen molar-refractivity contribution in [1.82, 2.24) is 4.72 Å². The molecule has 0 bridgehead atoms. The predicted molar refractivity (Wildman–Crippen MR) is 128 cm³/mol. The number of aryl methyl sites for hydroxylation is 1. The fourth-order valence-corrected chi connectivity index (χ4v) is 5.33. The van der Waals surface area contributed by atoms with Gasteiger partial charge in [0.05, 0.1) is 10.5 Å². The molecule has 0 aromatic heterocycles. The van der Waals surface area contributed by atoms with E-state index in [4.69, 9.17) is 0 Å². The molecule has 2 aromatic carbocycles. The minimum absolute atomic E-state index is 0.131. The van der Waals surface area contributed by atoms with E-state index in [-0.39, 0.29) is 11.4 Å². The average molecular weight is 440 g/mol. The fourth-order valence-electron chi connectivity index (χ4n) is 4.22. The molecule has 1 heterocycles. The van der Waals surface area contributed by atoms with Gasteiger partial charge in [0, 0.05) is 30.0 Å². The zero-order valence-electron chi connectivity index (χ0n) is 19.0. The van der Waals surface area contributed by atoms with Crippen LogP contribution in [0.25, 0.3) is 0 Å². The summed E-state index contributed by atoms with van der Waals surface area (Å²) in [6.45, 7) is 10.0. The van der Waals surface area contributed by atoms with Gasteiger partial charge in [-0.25, -0.2) is 8.93 Å². The first-order chi connectivity index (χ1) is 14.6.